The number of nitrogens with zero attached hydrogens (tertiary/aromatic N) is 1. The van der Waals surface area contributed by atoms with Crippen LogP contribution in [0.4, 0.5) is 10.5 Å². The molecule has 0 bridgehead atoms. The fourth-order valence-electron chi connectivity index (χ4n) is 2.66. The number of sulfone groups is 1. The highest BCUT2D eigenvalue weighted by atomic mass is 35.5. The number of halogens is 1. The number of carbonyl (C=O) groups excluding carboxylic acids is 1. The van der Waals surface area contributed by atoms with Crippen LogP contribution < -0.4 is 10.6 Å². The van der Waals surface area contributed by atoms with Crippen LogP contribution in [0.5, 0.6) is 0 Å². The maximum atomic E-state index is 12.7. The van der Waals surface area contributed by atoms with Crippen molar-refractivity contribution in [1.29, 1.82) is 0 Å². The molecule has 8 heteroatoms. The van der Waals surface area contributed by atoms with Gasteiger partial charge in [-0.25, -0.2) is 13.2 Å². The standard InChI is InChI=1S/C21H20ClN3O3S/c1-15-4-5-17(20(22)11-15)14-29(27,28)19-8-6-18(7-9-19)25-21(26)24-13-16-3-2-10-23-12-16/h2-12H,13-14H2,1H3,(H2,24,25,26). The van der Waals surface area contributed by atoms with Gasteiger partial charge in [0.05, 0.1) is 10.6 Å². The van der Waals surface area contributed by atoms with Gasteiger partial charge in [0, 0.05) is 29.6 Å². The first-order valence-electron chi connectivity index (χ1n) is 8.85. The average Bonchev–Trinajstić information content (AvgIpc) is 2.70. The zero-order chi connectivity index (χ0) is 20.9. The molecule has 150 valence electrons. The SMILES string of the molecule is Cc1ccc(CS(=O)(=O)c2ccc(NC(=O)NCc3cccnc3)cc2)c(Cl)c1. The first-order valence-corrected chi connectivity index (χ1v) is 10.9. The summed E-state index contributed by atoms with van der Waals surface area (Å²) in [5.74, 6) is -0.190. The number of aryl methyl sites for hydroxylation is 1. The number of hydrogen-bond donors (Lipinski definition) is 2. The van der Waals surface area contributed by atoms with E-state index in [1.807, 2.05) is 19.1 Å². The van der Waals surface area contributed by atoms with E-state index in [0.717, 1.165) is 11.1 Å². The molecule has 2 aromatic carbocycles. The fourth-order valence-corrected chi connectivity index (χ4v) is 4.42. The summed E-state index contributed by atoms with van der Waals surface area (Å²) in [7, 11) is -3.56. The monoisotopic (exact) mass is 429 g/mol. The highest BCUT2D eigenvalue weighted by Crippen LogP contribution is 2.24. The maximum absolute atomic E-state index is 12.7. The van der Waals surface area contributed by atoms with Crippen molar-refractivity contribution in [2.45, 2.75) is 24.1 Å². The Balaban J connectivity index is 1.62. The lowest BCUT2D eigenvalue weighted by molar-refractivity contribution is 0.251. The van der Waals surface area contributed by atoms with Crippen LogP contribution in [-0.4, -0.2) is 19.4 Å². The zero-order valence-electron chi connectivity index (χ0n) is 15.7. The molecule has 2 amide bonds. The number of pyridine rings is 1. The summed E-state index contributed by atoms with van der Waals surface area (Å²) in [6, 6.07) is 14.6. The molecule has 3 rings (SSSR count). The second-order valence-electron chi connectivity index (χ2n) is 6.55. The number of hydrogen-bond acceptors (Lipinski definition) is 4. The Kier molecular flexibility index (Phi) is 6.51. The van der Waals surface area contributed by atoms with Crippen LogP contribution in [0.2, 0.25) is 5.02 Å². The molecule has 6 nitrogen and oxygen atoms in total. The quantitative estimate of drug-likeness (QED) is 0.610. The van der Waals surface area contributed by atoms with E-state index >= 15 is 0 Å². The second-order valence-corrected chi connectivity index (χ2v) is 8.94. The van der Waals surface area contributed by atoms with E-state index in [4.69, 9.17) is 11.6 Å². The highest BCUT2D eigenvalue weighted by molar-refractivity contribution is 7.90. The molecule has 0 fully saturated rings. The van der Waals surface area contributed by atoms with E-state index < -0.39 is 15.9 Å². The largest absolute Gasteiger partial charge is 0.334 e. The minimum Gasteiger partial charge on any atom is -0.334 e. The van der Waals surface area contributed by atoms with Crippen molar-refractivity contribution >= 4 is 33.2 Å². The van der Waals surface area contributed by atoms with E-state index in [1.54, 1.807) is 42.7 Å². The van der Waals surface area contributed by atoms with Crippen LogP contribution in [0.1, 0.15) is 16.7 Å². The average molecular weight is 430 g/mol. The summed E-state index contributed by atoms with van der Waals surface area (Å²) in [6.07, 6.45) is 3.33. The Labute approximate surface area is 174 Å². The minimum absolute atomic E-state index is 0.162. The van der Waals surface area contributed by atoms with Gasteiger partial charge in [-0.15, -0.1) is 0 Å². The summed E-state index contributed by atoms with van der Waals surface area (Å²) < 4.78 is 25.3. The first-order chi connectivity index (χ1) is 13.8. The molecule has 0 aliphatic carbocycles. The molecule has 0 saturated carbocycles. The van der Waals surface area contributed by atoms with E-state index in [0.29, 0.717) is 22.8 Å². The van der Waals surface area contributed by atoms with Gasteiger partial charge in [0.15, 0.2) is 9.84 Å². The van der Waals surface area contributed by atoms with Gasteiger partial charge in [0.2, 0.25) is 0 Å². The van der Waals surface area contributed by atoms with Gasteiger partial charge in [0.25, 0.3) is 0 Å². The van der Waals surface area contributed by atoms with Crippen molar-refractivity contribution in [3.05, 3.63) is 88.7 Å². The number of amides is 2. The summed E-state index contributed by atoms with van der Waals surface area (Å²) in [5.41, 5.74) is 2.88. The minimum atomic E-state index is -3.56. The van der Waals surface area contributed by atoms with Crippen LogP contribution in [-0.2, 0) is 22.1 Å². The van der Waals surface area contributed by atoms with Crippen molar-refractivity contribution in [1.82, 2.24) is 10.3 Å². The van der Waals surface area contributed by atoms with Crippen LogP contribution >= 0.6 is 11.6 Å². The second kappa shape index (κ2) is 9.07. The third-order valence-electron chi connectivity index (χ3n) is 4.20. The van der Waals surface area contributed by atoms with E-state index in [-0.39, 0.29) is 10.6 Å². The van der Waals surface area contributed by atoms with Gasteiger partial charge in [0.1, 0.15) is 0 Å². The molecule has 29 heavy (non-hydrogen) atoms. The Hall–Kier alpha value is -2.90. The van der Waals surface area contributed by atoms with Crippen LogP contribution in [0, 0.1) is 6.92 Å². The molecule has 3 aromatic rings. The van der Waals surface area contributed by atoms with Crippen molar-refractivity contribution < 1.29 is 13.2 Å². The van der Waals surface area contributed by atoms with Gasteiger partial charge >= 0.3 is 6.03 Å². The van der Waals surface area contributed by atoms with Gasteiger partial charge in [-0.05, 0) is 60.0 Å². The predicted octanol–water partition coefficient (Wildman–Crippen LogP) is 4.34. The molecule has 0 atom stereocenters. The highest BCUT2D eigenvalue weighted by Gasteiger charge is 2.17. The lowest BCUT2D eigenvalue weighted by Crippen LogP contribution is -2.28. The number of rotatable bonds is 6. The van der Waals surface area contributed by atoms with Gasteiger partial charge < -0.3 is 10.6 Å². The maximum Gasteiger partial charge on any atom is 0.319 e. The fraction of sp³-hybridized carbons (Fsp3) is 0.143. The molecule has 0 aliphatic rings. The van der Waals surface area contributed by atoms with Crippen molar-refractivity contribution in [2.24, 2.45) is 0 Å². The molecular formula is C21H20ClN3O3S. The van der Waals surface area contributed by atoms with Gasteiger partial charge in [-0.3, -0.25) is 4.98 Å². The summed E-state index contributed by atoms with van der Waals surface area (Å²) >= 11 is 6.16. The molecule has 0 aliphatic heterocycles. The molecule has 0 unspecified atom stereocenters. The van der Waals surface area contributed by atoms with E-state index in [9.17, 15) is 13.2 Å². The lowest BCUT2D eigenvalue weighted by atomic mass is 10.2. The van der Waals surface area contributed by atoms with Crippen molar-refractivity contribution in [2.75, 3.05) is 5.32 Å². The van der Waals surface area contributed by atoms with Crippen LogP contribution in [0.15, 0.2) is 71.9 Å². The Morgan fingerprint density at radius 2 is 1.86 bits per heavy atom. The lowest BCUT2D eigenvalue weighted by Gasteiger charge is -2.10. The third-order valence-corrected chi connectivity index (χ3v) is 6.23. The molecule has 2 N–H and O–H groups in total. The third kappa shape index (κ3) is 5.79. The normalized spacial score (nSPS) is 11.1. The number of aromatic nitrogens is 1. The molecule has 1 heterocycles. The summed E-state index contributed by atoms with van der Waals surface area (Å²) in [6.45, 7) is 2.23. The zero-order valence-corrected chi connectivity index (χ0v) is 17.3. The number of nitrogens with one attached hydrogen (secondary N) is 2. The Morgan fingerprint density at radius 3 is 2.52 bits per heavy atom. The molecule has 0 radical (unpaired) electrons. The van der Waals surface area contributed by atoms with Crippen LogP contribution in [0.3, 0.4) is 0 Å². The smallest absolute Gasteiger partial charge is 0.319 e. The Morgan fingerprint density at radius 1 is 1.10 bits per heavy atom. The van der Waals surface area contributed by atoms with E-state index in [1.165, 1.54) is 12.1 Å². The van der Waals surface area contributed by atoms with Crippen LogP contribution in [0.25, 0.3) is 0 Å². The van der Waals surface area contributed by atoms with Crippen molar-refractivity contribution in [3.63, 3.8) is 0 Å². The predicted molar refractivity (Wildman–Crippen MR) is 114 cm³/mol. The van der Waals surface area contributed by atoms with Crippen molar-refractivity contribution in [3.8, 4) is 0 Å². The molecule has 0 saturated heterocycles. The number of carbonyl (C=O) groups is 1. The van der Waals surface area contributed by atoms with Gasteiger partial charge in [-0.1, -0.05) is 29.8 Å². The summed E-state index contributed by atoms with van der Waals surface area (Å²) in [5, 5.41) is 5.81. The summed E-state index contributed by atoms with van der Waals surface area (Å²) in [4.78, 5) is 16.1. The van der Waals surface area contributed by atoms with Gasteiger partial charge in [-0.2, -0.15) is 0 Å². The van der Waals surface area contributed by atoms with E-state index in [2.05, 4.69) is 15.6 Å². The number of urea groups is 1. The topological polar surface area (TPSA) is 88.2 Å². The molecule has 1 aromatic heterocycles. The molecule has 0 spiro atoms. The Bertz CT molecular complexity index is 1100. The number of anilines is 1. The number of benzene rings is 2. The molecular weight excluding hydrogens is 410 g/mol. The first kappa shape index (κ1) is 20.8.